The fraction of sp³-hybridized carbons (Fsp3) is 0.667. The van der Waals surface area contributed by atoms with Gasteiger partial charge >= 0.3 is 0 Å². The number of nitrogens with zero attached hydrogens (tertiary/aromatic N) is 2. The molecule has 2 N–H and O–H groups in total. The molecule has 0 radical (unpaired) electrons. The predicted molar refractivity (Wildman–Crippen MR) is 87.9 cm³/mol. The van der Waals surface area contributed by atoms with Crippen LogP contribution < -0.4 is 10.6 Å². The fourth-order valence-corrected chi connectivity index (χ4v) is 3.52. The highest BCUT2D eigenvalue weighted by atomic mass is 32.2. The fourth-order valence-electron chi connectivity index (χ4n) is 2.61. The second-order valence-corrected chi connectivity index (χ2v) is 6.78. The quantitative estimate of drug-likeness (QED) is 0.810. The van der Waals surface area contributed by atoms with Gasteiger partial charge in [-0.2, -0.15) is 11.8 Å². The lowest BCUT2D eigenvalue weighted by atomic mass is 10.1. The number of hydrogen-bond acceptors (Lipinski definition) is 5. The van der Waals surface area contributed by atoms with Crippen LogP contribution in [0.3, 0.4) is 0 Å². The maximum atomic E-state index is 12.1. The van der Waals surface area contributed by atoms with Crippen LogP contribution in [0.5, 0.6) is 0 Å². The normalized spacial score (nSPS) is 16.7. The number of carbonyl (C=O) groups is 1. The Morgan fingerprint density at radius 3 is 2.67 bits per heavy atom. The molecular formula is C15H24N4OS. The summed E-state index contributed by atoms with van der Waals surface area (Å²) in [6.45, 7) is 3.66. The topological polar surface area (TPSA) is 66.9 Å². The number of carbonyl (C=O) groups excluding carboxylic acids is 1. The Balaban J connectivity index is 1.88. The number of aromatic nitrogens is 2. The lowest BCUT2D eigenvalue weighted by molar-refractivity contribution is 0.0943. The SMILES string of the molecule is CCCNc1ccc(C(=O)NCC2(SC)CCCC2)nn1. The van der Waals surface area contributed by atoms with Gasteiger partial charge in [0.1, 0.15) is 5.82 Å². The van der Waals surface area contributed by atoms with E-state index in [1.54, 1.807) is 12.1 Å². The molecule has 1 saturated carbocycles. The molecule has 1 fully saturated rings. The molecule has 21 heavy (non-hydrogen) atoms. The van der Waals surface area contributed by atoms with Gasteiger partial charge in [-0.15, -0.1) is 10.2 Å². The number of rotatable bonds is 7. The van der Waals surface area contributed by atoms with Crippen LogP contribution in [0.15, 0.2) is 12.1 Å². The summed E-state index contributed by atoms with van der Waals surface area (Å²) in [5.74, 6) is 0.578. The lowest BCUT2D eigenvalue weighted by Gasteiger charge is -2.26. The molecule has 2 rings (SSSR count). The van der Waals surface area contributed by atoms with Crippen LogP contribution in [0.1, 0.15) is 49.5 Å². The van der Waals surface area contributed by atoms with Gasteiger partial charge in [-0.05, 0) is 37.7 Å². The van der Waals surface area contributed by atoms with Crippen molar-refractivity contribution in [3.8, 4) is 0 Å². The van der Waals surface area contributed by atoms with Crippen molar-refractivity contribution >= 4 is 23.5 Å². The van der Waals surface area contributed by atoms with E-state index in [-0.39, 0.29) is 10.7 Å². The largest absolute Gasteiger partial charge is 0.369 e. The van der Waals surface area contributed by atoms with Crippen molar-refractivity contribution in [3.05, 3.63) is 17.8 Å². The molecule has 0 aliphatic heterocycles. The molecule has 1 aliphatic rings. The number of anilines is 1. The van der Waals surface area contributed by atoms with Gasteiger partial charge in [0.15, 0.2) is 5.69 Å². The third kappa shape index (κ3) is 4.33. The average molecular weight is 308 g/mol. The van der Waals surface area contributed by atoms with Crippen molar-refractivity contribution in [1.82, 2.24) is 15.5 Å². The van der Waals surface area contributed by atoms with Gasteiger partial charge in [-0.1, -0.05) is 19.8 Å². The van der Waals surface area contributed by atoms with Crippen LogP contribution in [-0.2, 0) is 0 Å². The molecule has 6 heteroatoms. The smallest absolute Gasteiger partial charge is 0.271 e. The van der Waals surface area contributed by atoms with E-state index in [4.69, 9.17) is 0 Å². The average Bonchev–Trinajstić information content (AvgIpc) is 3.00. The highest BCUT2D eigenvalue weighted by Gasteiger charge is 2.33. The van der Waals surface area contributed by atoms with Gasteiger partial charge in [-0.25, -0.2) is 0 Å². The predicted octanol–water partition coefficient (Wildman–Crippen LogP) is 2.70. The van der Waals surface area contributed by atoms with Gasteiger partial charge < -0.3 is 10.6 Å². The van der Waals surface area contributed by atoms with E-state index >= 15 is 0 Å². The van der Waals surface area contributed by atoms with Crippen molar-refractivity contribution in [1.29, 1.82) is 0 Å². The van der Waals surface area contributed by atoms with E-state index in [9.17, 15) is 4.79 Å². The lowest BCUT2D eigenvalue weighted by Crippen LogP contribution is -2.38. The van der Waals surface area contributed by atoms with Gasteiger partial charge in [0.2, 0.25) is 0 Å². The molecule has 0 spiro atoms. The first-order valence-corrected chi connectivity index (χ1v) is 8.82. The zero-order valence-corrected chi connectivity index (χ0v) is 13.6. The first-order valence-electron chi connectivity index (χ1n) is 7.60. The Hall–Kier alpha value is -1.30. The first kappa shape index (κ1) is 16.1. The van der Waals surface area contributed by atoms with Gasteiger partial charge in [-0.3, -0.25) is 4.79 Å². The Labute approximate surface area is 130 Å². The zero-order chi connectivity index (χ0) is 15.1. The summed E-state index contributed by atoms with van der Waals surface area (Å²) < 4.78 is 0.214. The monoisotopic (exact) mass is 308 g/mol. The maximum absolute atomic E-state index is 12.1. The molecule has 1 amide bonds. The second-order valence-electron chi connectivity index (χ2n) is 5.51. The van der Waals surface area contributed by atoms with E-state index in [0.29, 0.717) is 18.1 Å². The number of thioether (sulfide) groups is 1. The molecule has 0 aromatic carbocycles. The zero-order valence-electron chi connectivity index (χ0n) is 12.8. The minimum absolute atomic E-state index is 0.134. The first-order chi connectivity index (χ1) is 10.2. The molecule has 1 aliphatic carbocycles. The van der Waals surface area contributed by atoms with Crippen LogP contribution in [0.25, 0.3) is 0 Å². The van der Waals surface area contributed by atoms with E-state index < -0.39 is 0 Å². The summed E-state index contributed by atoms with van der Waals surface area (Å²) in [5, 5.41) is 14.2. The minimum Gasteiger partial charge on any atom is -0.369 e. The highest BCUT2D eigenvalue weighted by molar-refractivity contribution is 8.00. The van der Waals surface area contributed by atoms with E-state index in [1.165, 1.54) is 25.7 Å². The second kappa shape index (κ2) is 7.64. The Morgan fingerprint density at radius 1 is 1.33 bits per heavy atom. The van der Waals surface area contributed by atoms with E-state index in [2.05, 4.69) is 34.0 Å². The van der Waals surface area contributed by atoms with Crippen LogP contribution in [0.4, 0.5) is 5.82 Å². The van der Waals surface area contributed by atoms with Gasteiger partial charge in [0, 0.05) is 17.8 Å². The van der Waals surface area contributed by atoms with Crippen LogP contribution in [0, 0.1) is 0 Å². The molecule has 0 saturated heterocycles. The molecule has 116 valence electrons. The number of amides is 1. The van der Waals surface area contributed by atoms with Crippen LogP contribution in [0.2, 0.25) is 0 Å². The van der Waals surface area contributed by atoms with Crippen molar-refractivity contribution in [2.24, 2.45) is 0 Å². The van der Waals surface area contributed by atoms with E-state index in [0.717, 1.165) is 13.0 Å². The summed E-state index contributed by atoms with van der Waals surface area (Å²) in [5.41, 5.74) is 0.381. The summed E-state index contributed by atoms with van der Waals surface area (Å²) in [6, 6.07) is 3.53. The van der Waals surface area contributed by atoms with Gasteiger partial charge in [0.05, 0.1) is 0 Å². The summed E-state index contributed by atoms with van der Waals surface area (Å²) >= 11 is 1.87. The third-order valence-electron chi connectivity index (χ3n) is 3.97. The highest BCUT2D eigenvalue weighted by Crippen LogP contribution is 2.39. The third-order valence-corrected chi connectivity index (χ3v) is 5.39. The van der Waals surface area contributed by atoms with Crippen molar-refractivity contribution in [2.75, 3.05) is 24.7 Å². The molecule has 0 bridgehead atoms. The molecule has 1 heterocycles. The molecule has 0 unspecified atom stereocenters. The molecule has 1 aromatic heterocycles. The van der Waals surface area contributed by atoms with Crippen molar-refractivity contribution in [3.63, 3.8) is 0 Å². The number of nitrogens with one attached hydrogen (secondary N) is 2. The van der Waals surface area contributed by atoms with Gasteiger partial charge in [0.25, 0.3) is 5.91 Å². The van der Waals surface area contributed by atoms with Crippen molar-refractivity contribution < 1.29 is 4.79 Å². The molecular weight excluding hydrogens is 284 g/mol. The standard InChI is InChI=1S/C15H24N4OS/c1-3-10-16-13-7-6-12(18-19-13)14(20)17-11-15(21-2)8-4-5-9-15/h6-7H,3-5,8-11H2,1-2H3,(H,16,19)(H,17,20). The Bertz CT molecular complexity index is 457. The minimum atomic E-state index is -0.134. The Morgan fingerprint density at radius 2 is 2.10 bits per heavy atom. The molecule has 1 aromatic rings. The van der Waals surface area contributed by atoms with Crippen molar-refractivity contribution in [2.45, 2.75) is 43.8 Å². The number of hydrogen-bond donors (Lipinski definition) is 2. The van der Waals surface area contributed by atoms with Crippen LogP contribution >= 0.6 is 11.8 Å². The summed E-state index contributed by atoms with van der Waals surface area (Å²) in [6.07, 6.45) is 8.04. The Kier molecular flexibility index (Phi) is 5.85. The molecule has 5 nitrogen and oxygen atoms in total. The maximum Gasteiger partial charge on any atom is 0.271 e. The van der Waals surface area contributed by atoms with E-state index in [1.807, 2.05) is 11.8 Å². The summed E-state index contributed by atoms with van der Waals surface area (Å²) in [7, 11) is 0. The molecule has 0 atom stereocenters. The van der Waals surface area contributed by atoms with Crippen LogP contribution in [-0.4, -0.2) is 40.2 Å². The summed E-state index contributed by atoms with van der Waals surface area (Å²) in [4.78, 5) is 12.1.